The van der Waals surface area contributed by atoms with Gasteiger partial charge in [0, 0.05) is 24.5 Å². The normalized spacial score (nSPS) is 12.1. The van der Waals surface area contributed by atoms with Gasteiger partial charge in [-0.2, -0.15) is 0 Å². The van der Waals surface area contributed by atoms with Crippen LogP contribution in [0.5, 0.6) is 17.2 Å². The molecular weight excluding hydrogens is 419 g/mol. The van der Waals surface area contributed by atoms with Crippen molar-refractivity contribution < 1.29 is 18.6 Å². The molecule has 2 aromatic carbocycles. The predicted octanol–water partition coefficient (Wildman–Crippen LogP) is 5.57. The molecule has 31 heavy (non-hydrogen) atoms. The lowest BCUT2D eigenvalue weighted by Gasteiger charge is -2.13. The summed E-state index contributed by atoms with van der Waals surface area (Å²) in [5.74, 6) is 2.02. The molecule has 0 N–H and O–H groups in total. The summed E-state index contributed by atoms with van der Waals surface area (Å²) in [7, 11) is 0. The van der Waals surface area contributed by atoms with Gasteiger partial charge in [-0.1, -0.05) is 18.2 Å². The Balaban J connectivity index is 0.00000231. The third-order valence-electron chi connectivity index (χ3n) is 5.55. The van der Waals surface area contributed by atoms with Gasteiger partial charge >= 0.3 is 0 Å². The lowest BCUT2D eigenvalue weighted by molar-refractivity contribution is 0.174. The SMILES string of the molecule is Cc1c(C)n(Cc2ccc(F)cc2)c2c(OCc3ccc4c(c3)OCO4)ccnc12.Cl. The fourth-order valence-corrected chi connectivity index (χ4v) is 3.79. The summed E-state index contributed by atoms with van der Waals surface area (Å²) >= 11 is 0. The van der Waals surface area contributed by atoms with E-state index in [1.54, 1.807) is 18.3 Å². The van der Waals surface area contributed by atoms with E-state index in [-0.39, 0.29) is 25.0 Å². The molecule has 0 spiro atoms. The predicted molar refractivity (Wildman–Crippen MR) is 119 cm³/mol. The van der Waals surface area contributed by atoms with Gasteiger partial charge in [0.1, 0.15) is 23.7 Å². The molecule has 0 fully saturated rings. The number of halogens is 2. The Morgan fingerprint density at radius 3 is 2.55 bits per heavy atom. The average Bonchev–Trinajstić information content (AvgIpc) is 3.32. The minimum absolute atomic E-state index is 0. The molecule has 0 atom stereocenters. The summed E-state index contributed by atoms with van der Waals surface area (Å²) in [6.07, 6.45) is 1.77. The van der Waals surface area contributed by atoms with Crippen LogP contribution in [-0.4, -0.2) is 16.3 Å². The lowest BCUT2D eigenvalue weighted by atomic mass is 10.2. The summed E-state index contributed by atoms with van der Waals surface area (Å²) in [6, 6.07) is 14.3. The molecule has 0 unspecified atom stereocenters. The summed E-state index contributed by atoms with van der Waals surface area (Å²) in [5, 5.41) is 0. The molecule has 0 saturated heterocycles. The van der Waals surface area contributed by atoms with E-state index in [0.29, 0.717) is 13.2 Å². The summed E-state index contributed by atoms with van der Waals surface area (Å²) < 4.78 is 32.5. The zero-order chi connectivity index (χ0) is 20.7. The number of nitrogens with zero attached hydrogens (tertiary/aromatic N) is 2. The summed E-state index contributed by atoms with van der Waals surface area (Å²) in [6.45, 7) is 5.40. The zero-order valence-electron chi connectivity index (χ0n) is 17.2. The Hall–Kier alpha value is -3.25. The second-order valence-corrected chi connectivity index (χ2v) is 7.41. The first-order valence-corrected chi connectivity index (χ1v) is 9.80. The monoisotopic (exact) mass is 440 g/mol. The van der Waals surface area contributed by atoms with Gasteiger partial charge in [0.25, 0.3) is 0 Å². The maximum atomic E-state index is 13.3. The van der Waals surface area contributed by atoms with Crippen LogP contribution in [0.4, 0.5) is 4.39 Å². The average molecular weight is 441 g/mol. The topological polar surface area (TPSA) is 45.5 Å². The second-order valence-electron chi connectivity index (χ2n) is 7.41. The van der Waals surface area contributed by atoms with Crippen molar-refractivity contribution in [2.24, 2.45) is 0 Å². The highest BCUT2D eigenvalue weighted by atomic mass is 35.5. The van der Waals surface area contributed by atoms with Crippen molar-refractivity contribution in [2.75, 3.05) is 6.79 Å². The molecule has 0 bridgehead atoms. The maximum absolute atomic E-state index is 13.3. The van der Waals surface area contributed by atoms with Gasteiger partial charge in [0.2, 0.25) is 6.79 Å². The largest absolute Gasteiger partial charge is 0.487 e. The Morgan fingerprint density at radius 2 is 1.74 bits per heavy atom. The molecule has 1 aliphatic heterocycles. The molecule has 5 nitrogen and oxygen atoms in total. The van der Waals surface area contributed by atoms with E-state index >= 15 is 0 Å². The minimum atomic E-state index is -0.238. The van der Waals surface area contributed by atoms with E-state index in [9.17, 15) is 4.39 Å². The van der Waals surface area contributed by atoms with Crippen LogP contribution < -0.4 is 14.2 Å². The number of aromatic nitrogens is 2. The molecule has 3 heterocycles. The van der Waals surface area contributed by atoms with Gasteiger partial charge in [0.15, 0.2) is 11.5 Å². The highest BCUT2D eigenvalue weighted by Gasteiger charge is 2.18. The quantitative estimate of drug-likeness (QED) is 0.407. The highest BCUT2D eigenvalue weighted by molar-refractivity contribution is 5.86. The van der Waals surface area contributed by atoms with E-state index in [1.165, 1.54) is 12.1 Å². The Kier molecular flexibility index (Phi) is 5.74. The Morgan fingerprint density at radius 1 is 1.00 bits per heavy atom. The maximum Gasteiger partial charge on any atom is 0.231 e. The van der Waals surface area contributed by atoms with Crippen molar-refractivity contribution in [3.05, 3.63) is 82.9 Å². The third-order valence-corrected chi connectivity index (χ3v) is 5.55. The minimum Gasteiger partial charge on any atom is -0.487 e. The Bertz CT molecular complexity index is 1240. The standard InChI is InChI=1S/C24H21FN2O3.ClH/c1-15-16(2)27(12-17-3-6-19(25)7-4-17)24-21(9-10-26-23(15)24)28-13-18-5-8-20-22(11-18)30-14-29-20;/h3-11H,12-14H2,1-2H3;1H. The molecule has 0 aliphatic carbocycles. The number of aryl methyl sites for hydroxylation is 1. The number of ether oxygens (including phenoxy) is 3. The van der Waals surface area contributed by atoms with Crippen LogP contribution in [0.2, 0.25) is 0 Å². The number of hydrogen-bond acceptors (Lipinski definition) is 4. The number of rotatable bonds is 5. The summed E-state index contributed by atoms with van der Waals surface area (Å²) in [4.78, 5) is 4.58. The number of pyridine rings is 1. The number of fused-ring (bicyclic) bond motifs is 2. The molecular formula is C24H22ClFN2O3. The van der Waals surface area contributed by atoms with Gasteiger partial charge < -0.3 is 18.8 Å². The molecule has 0 amide bonds. The van der Waals surface area contributed by atoms with Crippen molar-refractivity contribution in [3.63, 3.8) is 0 Å². The smallest absolute Gasteiger partial charge is 0.231 e. The van der Waals surface area contributed by atoms with Crippen molar-refractivity contribution in [1.82, 2.24) is 9.55 Å². The molecule has 2 aromatic heterocycles. The highest BCUT2D eigenvalue weighted by Crippen LogP contribution is 2.34. The van der Waals surface area contributed by atoms with Crippen molar-refractivity contribution in [1.29, 1.82) is 0 Å². The first kappa shape index (κ1) is 21.0. The number of benzene rings is 2. The van der Waals surface area contributed by atoms with Gasteiger partial charge in [-0.3, -0.25) is 4.98 Å². The van der Waals surface area contributed by atoms with Gasteiger partial charge in [-0.15, -0.1) is 12.4 Å². The molecule has 0 saturated carbocycles. The van der Waals surface area contributed by atoms with E-state index in [4.69, 9.17) is 14.2 Å². The fourth-order valence-electron chi connectivity index (χ4n) is 3.79. The van der Waals surface area contributed by atoms with Crippen LogP contribution in [0.1, 0.15) is 22.4 Å². The van der Waals surface area contributed by atoms with Crippen molar-refractivity contribution in [2.45, 2.75) is 27.0 Å². The number of hydrogen-bond donors (Lipinski definition) is 0. The van der Waals surface area contributed by atoms with Crippen molar-refractivity contribution in [3.8, 4) is 17.2 Å². The fraction of sp³-hybridized carbons (Fsp3) is 0.208. The lowest BCUT2D eigenvalue weighted by Crippen LogP contribution is -2.04. The third kappa shape index (κ3) is 3.91. The molecule has 1 aliphatic rings. The molecule has 7 heteroatoms. The van der Waals surface area contributed by atoms with Crippen LogP contribution in [-0.2, 0) is 13.2 Å². The van der Waals surface area contributed by atoms with E-state index in [0.717, 1.165) is 50.7 Å². The van der Waals surface area contributed by atoms with Gasteiger partial charge in [-0.25, -0.2) is 4.39 Å². The Labute approximate surface area is 185 Å². The zero-order valence-corrected chi connectivity index (χ0v) is 18.0. The van der Waals surface area contributed by atoms with Gasteiger partial charge in [0.05, 0.1) is 5.52 Å². The van der Waals surface area contributed by atoms with Crippen LogP contribution in [0.3, 0.4) is 0 Å². The van der Waals surface area contributed by atoms with E-state index in [2.05, 4.69) is 23.4 Å². The van der Waals surface area contributed by atoms with Gasteiger partial charge in [-0.05, 0) is 54.8 Å². The molecule has 160 valence electrons. The van der Waals surface area contributed by atoms with Crippen LogP contribution >= 0.6 is 12.4 Å². The van der Waals surface area contributed by atoms with Crippen LogP contribution in [0.15, 0.2) is 54.7 Å². The van der Waals surface area contributed by atoms with E-state index in [1.807, 2.05) is 24.3 Å². The van der Waals surface area contributed by atoms with E-state index < -0.39 is 0 Å². The van der Waals surface area contributed by atoms with Crippen LogP contribution in [0, 0.1) is 19.7 Å². The second kappa shape index (κ2) is 8.47. The van der Waals surface area contributed by atoms with Crippen LogP contribution in [0.25, 0.3) is 11.0 Å². The molecule has 0 radical (unpaired) electrons. The first-order valence-electron chi connectivity index (χ1n) is 9.80. The first-order chi connectivity index (χ1) is 14.6. The molecule has 5 rings (SSSR count). The molecule has 4 aromatic rings. The summed E-state index contributed by atoms with van der Waals surface area (Å²) in [5.41, 5.74) is 6.09. The van der Waals surface area contributed by atoms with Crippen molar-refractivity contribution >= 4 is 23.4 Å².